The molecule has 0 rings (SSSR count). The summed E-state index contributed by atoms with van der Waals surface area (Å²) in [5, 5.41) is 0. The molecule has 0 unspecified atom stereocenters. The van der Waals surface area contributed by atoms with Gasteiger partial charge in [-0.2, -0.15) is 0 Å². The van der Waals surface area contributed by atoms with Gasteiger partial charge >= 0.3 is 0 Å². The number of rotatable bonds is 0. The molecule has 0 heterocycles. The summed E-state index contributed by atoms with van der Waals surface area (Å²) in [6, 6.07) is 0. The van der Waals surface area contributed by atoms with Gasteiger partial charge in [0.2, 0.25) is 0 Å². The largest absolute Gasteiger partial charge is 0.130 e. The van der Waals surface area contributed by atoms with Gasteiger partial charge in [0.05, 0.1) is 0 Å². The van der Waals surface area contributed by atoms with Crippen LogP contribution in [0.15, 0.2) is 44.2 Å². The summed E-state index contributed by atoms with van der Waals surface area (Å²) < 4.78 is 0. The Kier molecular flexibility index (Phi) is 48.8. The highest BCUT2D eigenvalue weighted by Gasteiger charge is 1.57. The monoisotopic (exact) mass is 124 g/mol. The van der Waals surface area contributed by atoms with E-state index in [4.69, 9.17) is 0 Å². The molecule has 0 aliphatic heterocycles. The van der Waals surface area contributed by atoms with Crippen molar-refractivity contribution >= 4 is 0 Å². The highest BCUT2D eigenvalue weighted by molar-refractivity contribution is 4.87. The zero-order chi connectivity index (χ0) is 8.28. The Labute approximate surface area is 58.9 Å². The maximum absolute atomic E-state index is 3.40. The van der Waals surface area contributed by atoms with E-state index in [-0.39, 0.29) is 0 Å². The smallest absolute Gasteiger partial charge is 0.0351 e. The highest BCUT2D eigenvalue weighted by atomic mass is 13.6. The van der Waals surface area contributed by atoms with Crippen molar-refractivity contribution in [3.05, 3.63) is 44.2 Å². The van der Waals surface area contributed by atoms with E-state index >= 15 is 0 Å². The van der Waals surface area contributed by atoms with Gasteiger partial charge in [0.15, 0.2) is 0 Å². The SMILES string of the molecule is C=C.C=C.C=C=C(C)C. The minimum Gasteiger partial charge on any atom is -0.130 e. The molecular weight excluding hydrogens is 108 g/mol. The molecule has 0 amide bonds. The van der Waals surface area contributed by atoms with E-state index in [1.807, 2.05) is 13.8 Å². The molecule has 0 aromatic heterocycles. The van der Waals surface area contributed by atoms with Gasteiger partial charge < -0.3 is 0 Å². The van der Waals surface area contributed by atoms with E-state index in [0.29, 0.717) is 0 Å². The van der Waals surface area contributed by atoms with Crippen LogP contribution in [0.25, 0.3) is 0 Å². The Bertz CT molecular complexity index is 78.2. The molecule has 0 nitrogen and oxygen atoms in total. The second-order valence-corrected chi connectivity index (χ2v) is 1.18. The van der Waals surface area contributed by atoms with E-state index in [9.17, 15) is 0 Å². The molecule has 0 heteroatoms. The van der Waals surface area contributed by atoms with Gasteiger partial charge in [-0.15, -0.1) is 32.0 Å². The van der Waals surface area contributed by atoms with E-state index in [1.165, 1.54) is 0 Å². The summed E-state index contributed by atoms with van der Waals surface area (Å²) in [4.78, 5) is 0. The van der Waals surface area contributed by atoms with Crippen LogP contribution < -0.4 is 0 Å². The molecule has 0 saturated carbocycles. The lowest BCUT2D eigenvalue weighted by molar-refractivity contribution is 1.41. The Hall–Kier alpha value is -1.00. The predicted molar refractivity (Wildman–Crippen MR) is 46.5 cm³/mol. The second kappa shape index (κ2) is 28.0. The summed E-state index contributed by atoms with van der Waals surface area (Å²) in [5.74, 6) is 0. The first-order valence-corrected chi connectivity index (χ1v) is 2.60. The fourth-order valence-corrected chi connectivity index (χ4v) is 0. The summed E-state index contributed by atoms with van der Waals surface area (Å²) in [6.45, 7) is 19.3. The van der Waals surface area contributed by atoms with Crippen LogP contribution in [-0.4, -0.2) is 0 Å². The molecule has 0 aliphatic carbocycles. The topological polar surface area (TPSA) is 0 Å². The molecule has 0 N–H and O–H groups in total. The average molecular weight is 124 g/mol. The predicted octanol–water partition coefficient (Wildman–Crippen LogP) is 3.34. The van der Waals surface area contributed by atoms with Crippen LogP contribution in [0.3, 0.4) is 0 Å². The molecule has 0 fully saturated rings. The van der Waals surface area contributed by atoms with Gasteiger partial charge in [-0.1, -0.05) is 6.58 Å². The molecular formula is C9H16. The Morgan fingerprint density at radius 2 is 1.11 bits per heavy atom. The molecule has 0 atom stereocenters. The van der Waals surface area contributed by atoms with Crippen LogP contribution in [0.2, 0.25) is 0 Å². The Balaban J connectivity index is -0.0000000771. The van der Waals surface area contributed by atoms with Crippen LogP contribution in [0.5, 0.6) is 0 Å². The fourth-order valence-electron chi connectivity index (χ4n) is 0. The Morgan fingerprint density at radius 1 is 1.00 bits per heavy atom. The molecule has 0 aromatic rings. The maximum atomic E-state index is 3.40. The standard InChI is InChI=1S/C5H8.2C2H4/c1-4-5(2)3;2*1-2/h1H2,2-3H3;2*1-2H2. The lowest BCUT2D eigenvalue weighted by atomic mass is 10.4. The van der Waals surface area contributed by atoms with Gasteiger partial charge in [-0.05, 0) is 19.4 Å². The number of hydrogen-bond donors (Lipinski definition) is 0. The number of hydrogen-bond acceptors (Lipinski definition) is 0. The van der Waals surface area contributed by atoms with Crippen molar-refractivity contribution in [2.75, 3.05) is 0 Å². The molecule has 0 spiro atoms. The highest BCUT2D eigenvalue weighted by Crippen LogP contribution is 1.77. The minimum absolute atomic E-state index is 1.14. The summed E-state index contributed by atoms with van der Waals surface area (Å²) in [7, 11) is 0. The van der Waals surface area contributed by atoms with Gasteiger partial charge in [-0.3, -0.25) is 0 Å². The van der Waals surface area contributed by atoms with Crippen molar-refractivity contribution in [3.8, 4) is 0 Å². The third-order valence-electron chi connectivity index (χ3n) is 0.354. The average Bonchev–Trinajstić information content (AvgIpc) is 1.97. The molecule has 0 radical (unpaired) electrons. The van der Waals surface area contributed by atoms with E-state index in [2.05, 4.69) is 38.6 Å². The third kappa shape index (κ3) is 175. The minimum atomic E-state index is 1.14. The van der Waals surface area contributed by atoms with Crippen molar-refractivity contribution in [2.24, 2.45) is 0 Å². The van der Waals surface area contributed by atoms with E-state index in [0.717, 1.165) is 5.57 Å². The lowest BCUT2D eigenvalue weighted by Crippen LogP contribution is -1.47. The van der Waals surface area contributed by atoms with Crippen LogP contribution >= 0.6 is 0 Å². The van der Waals surface area contributed by atoms with Gasteiger partial charge in [0, 0.05) is 0 Å². The van der Waals surface area contributed by atoms with Crippen LogP contribution in [0.1, 0.15) is 13.8 Å². The molecule has 52 valence electrons. The molecule has 0 saturated heterocycles. The molecule has 0 bridgehead atoms. The summed E-state index contributed by atoms with van der Waals surface area (Å²) in [5.41, 5.74) is 3.84. The Morgan fingerprint density at radius 3 is 1.11 bits per heavy atom. The lowest BCUT2D eigenvalue weighted by Gasteiger charge is -1.67. The van der Waals surface area contributed by atoms with Crippen molar-refractivity contribution in [3.63, 3.8) is 0 Å². The fraction of sp³-hybridized carbons (Fsp3) is 0.222. The number of allylic oxidation sites excluding steroid dienone is 1. The van der Waals surface area contributed by atoms with Crippen molar-refractivity contribution < 1.29 is 0 Å². The normalized spacial score (nSPS) is 4.22. The molecule has 0 aromatic carbocycles. The quantitative estimate of drug-likeness (QED) is 0.343. The summed E-state index contributed by atoms with van der Waals surface area (Å²) >= 11 is 0. The van der Waals surface area contributed by atoms with Crippen molar-refractivity contribution in [1.29, 1.82) is 0 Å². The zero-order valence-corrected chi connectivity index (χ0v) is 6.54. The second-order valence-electron chi connectivity index (χ2n) is 1.18. The van der Waals surface area contributed by atoms with Crippen LogP contribution in [0, 0.1) is 0 Å². The first-order valence-electron chi connectivity index (χ1n) is 2.60. The van der Waals surface area contributed by atoms with Crippen molar-refractivity contribution in [2.45, 2.75) is 13.8 Å². The van der Waals surface area contributed by atoms with E-state index < -0.39 is 0 Å². The molecule has 0 aliphatic rings. The molecule has 9 heavy (non-hydrogen) atoms. The first kappa shape index (κ1) is 15.7. The third-order valence-corrected chi connectivity index (χ3v) is 0.354. The van der Waals surface area contributed by atoms with E-state index in [1.54, 1.807) is 0 Å². The van der Waals surface area contributed by atoms with Crippen LogP contribution in [-0.2, 0) is 0 Å². The van der Waals surface area contributed by atoms with Gasteiger partial charge in [-0.25, -0.2) is 0 Å². The van der Waals surface area contributed by atoms with Gasteiger partial charge in [0.25, 0.3) is 0 Å². The maximum Gasteiger partial charge on any atom is -0.0351 e. The first-order chi connectivity index (χ1) is 4.27. The van der Waals surface area contributed by atoms with Gasteiger partial charge in [0.1, 0.15) is 0 Å². The van der Waals surface area contributed by atoms with Crippen molar-refractivity contribution in [1.82, 2.24) is 0 Å². The summed E-state index contributed by atoms with van der Waals surface area (Å²) in [6.07, 6.45) is 0. The zero-order valence-electron chi connectivity index (χ0n) is 6.54. The van der Waals surface area contributed by atoms with Crippen LogP contribution in [0.4, 0.5) is 0 Å².